The van der Waals surface area contributed by atoms with Crippen LogP contribution in [0.1, 0.15) is 18.3 Å². The van der Waals surface area contributed by atoms with Crippen molar-refractivity contribution in [3.63, 3.8) is 0 Å². The highest BCUT2D eigenvalue weighted by atomic mass is 19.1. The van der Waals surface area contributed by atoms with Crippen molar-refractivity contribution in [1.82, 2.24) is 15.3 Å². The van der Waals surface area contributed by atoms with E-state index in [1.54, 1.807) is 6.07 Å². The number of carbonyl (C=O) groups is 1. The molecule has 0 aliphatic heterocycles. The Kier molecular flexibility index (Phi) is 6.32. The molecule has 0 saturated heterocycles. The minimum atomic E-state index is -0.422. The van der Waals surface area contributed by atoms with Gasteiger partial charge in [-0.15, -0.1) is 0 Å². The van der Waals surface area contributed by atoms with Gasteiger partial charge in [0, 0.05) is 6.92 Å². The second-order valence-electron chi connectivity index (χ2n) is 3.99. The molecular formula is C15H12F2N4O. The number of nitriles is 1. The zero-order valence-electron chi connectivity index (χ0n) is 11.7. The van der Waals surface area contributed by atoms with Crippen LogP contribution in [0.2, 0.25) is 0 Å². The van der Waals surface area contributed by atoms with Gasteiger partial charge in [0.05, 0.1) is 23.8 Å². The zero-order chi connectivity index (χ0) is 16.5. The van der Waals surface area contributed by atoms with Crippen molar-refractivity contribution < 1.29 is 13.6 Å². The number of hydrogen-bond donors (Lipinski definition) is 1. The minimum Gasteiger partial charge on any atom is -0.325 e. The third-order valence-electron chi connectivity index (χ3n) is 2.21. The molecule has 2 aromatic heterocycles. The maximum absolute atomic E-state index is 12.4. The summed E-state index contributed by atoms with van der Waals surface area (Å²) < 4.78 is 24.5. The van der Waals surface area contributed by atoms with Crippen LogP contribution in [0.4, 0.5) is 8.78 Å². The molecule has 5 nitrogen and oxygen atoms in total. The van der Waals surface area contributed by atoms with E-state index < -0.39 is 11.6 Å². The molecule has 7 heteroatoms. The Hall–Kier alpha value is -3.14. The number of nitrogens with zero attached hydrogens (tertiary/aromatic N) is 3. The summed E-state index contributed by atoms with van der Waals surface area (Å²) in [6.07, 6.45) is 2.08. The van der Waals surface area contributed by atoms with Crippen molar-refractivity contribution in [2.75, 3.05) is 0 Å². The summed E-state index contributed by atoms with van der Waals surface area (Å²) in [4.78, 5) is 17.8. The molecule has 0 fully saturated rings. The summed E-state index contributed by atoms with van der Waals surface area (Å²) in [5, 5.41) is 10.7. The Balaban J connectivity index is 0.000000235. The van der Waals surface area contributed by atoms with E-state index in [-0.39, 0.29) is 11.6 Å². The minimum absolute atomic E-state index is 0.226. The SMILES string of the molecule is C=C(NC(C)=O)c1ccc(F)cn1.N#Cc1ccc(F)cn1. The predicted molar refractivity (Wildman–Crippen MR) is 76.0 cm³/mol. The average Bonchev–Trinajstić information content (AvgIpc) is 2.48. The van der Waals surface area contributed by atoms with Crippen LogP contribution < -0.4 is 5.32 Å². The van der Waals surface area contributed by atoms with Crippen LogP contribution in [0.25, 0.3) is 5.70 Å². The van der Waals surface area contributed by atoms with Crippen LogP contribution >= 0.6 is 0 Å². The standard InChI is InChI=1S/C9H9FN2O.C6H3FN2/c1-6(12-7(2)13)9-4-3-8(10)5-11-9;7-5-1-2-6(3-8)9-4-5/h3-5H,1H2,2H3,(H,12,13);1-2,4H. The molecule has 1 amide bonds. The van der Waals surface area contributed by atoms with Gasteiger partial charge in [0.25, 0.3) is 0 Å². The number of nitrogens with one attached hydrogen (secondary N) is 1. The van der Waals surface area contributed by atoms with E-state index in [9.17, 15) is 13.6 Å². The second-order valence-corrected chi connectivity index (χ2v) is 3.99. The lowest BCUT2D eigenvalue weighted by atomic mass is 10.3. The lowest BCUT2D eigenvalue weighted by Crippen LogP contribution is -2.17. The Morgan fingerprint density at radius 3 is 2.18 bits per heavy atom. The van der Waals surface area contributed by atoms with Crippen LogP contribution in [0, 0.1) is 23.0 Å². The highest BCUT2D eigenvalue weighted by molar-refractivity contribution is 5.83. The number of pyridine rings is 2. The van der Waals surface area contributed by atoms with Gasteiger partial charge in [-0.2, -0.15) is 5.26 Å². The molecule has 1 N–H and O–H groups in total. The van der Waals surface area contributed by atoms with Crippen molar-refractivity contribution in [1.29, 1.82) is 5.26 Å². The molecule has 0 bridgehead atoms. The van der Waals surface area contributed by atoms with Crippen LogP contribution in [0.3, 0.4) is 0 Å². The summed E-state index contributed by atoms with van der Waals surface area (Å²) in [5.41, 5.74) is 1.06. The first kappa shape index (κ1) is 16.9. The number of aromatic nitrogens is 2. The monoisotopic (exact) mass is 302 g/mol. The molecule has 0 atom stereocenters. The first-order valence-electron chi connectivity index (χ1n) is 6.02. The molecule has 2 aromatic rings. The van der Waals surface area contributed by atoms with Gasteiger partial charge < -0.3 is 5.32 Å². The molecule has 0 aromatic carbocycles. The third kappa shape index (κ3) is 5.88. The smallest absolute Gasteiger partial charge is 0.221 e. The number of halogens is 2. The van der Waals surface area contributed by atoms with E-state index in [0.717, 1.165) is 12.4 Å². The Morgan fingerprint density at radius 2 is 1.77 bits per heavy atom. The Morgan fingerprint density at radius 1 is 1.18 bits per heavy atom. The lowest BCUT2D eigenvalue weighted by Gasteiger charge is -2.04. The van der Waals surface area contributed by atoms with Crippen molar-refractivity contribution in [2.24, 2.45) is 0 Å². The van der Waals surface area contributed by atoms with Crippen LogP contribution in [0.5, 0.6) is 0 Å². The van der Waals surface area contributed by atoms with Gasteiger partial charge in [0.15, 0.2) is 0 Å². The second kappa shape index (κ2) is 8.21. The van der Waals surface area contributed by atoms with Crippen LogP contribution in [0.15, 0.2) is 43.2 Å². The normalized spacial score (nSPS) is 9.00. The maximum Gasteiger partial charge on any atom is 0.221 e. The van der Waals surface area contributed by atoms with Gasteiger partial charge in [-0.1, -0.05) is 6.58 Å². The van der Waals surface area contributed by atoms with Crippen molar-refractivity contribution >= 4 is 11.6 Å². The summed E-state index contributed by atoms with van der Waals surface area (Å²) in [6, 6.07) is 7.02. The van der Waals surface area contributed by atoms with Gasteiger partial charge in [0.1, 0.15) is 23.4 Å². The first-order chi connectivity index (χ1) is 10.4. The first-order valence-corrected chi connectivity index (χ1v) is 6.02. The van der Waals surface area contributed by atoms with E-state index in [0.29, 0.717) is 11.4 Å². The summed E-state index contributed by atoms with van der Waals surface area (Å²) in [7, 11) is 0. The molecular weight excluding hydrogens is 290 g/mol. The van der Waals surface area contributed by atoms with Crippen LogP contribution in [-0.2, 0) is 4.79 Å². The number of hydrogen-bond acceptors (Lipinski definition) is 4. The van der Waals surface area contributed by atoms with Crippen molar-refractivity contribution in [3.8, 4) is 6.07 Å². The van der Waals surface area contributed by atoms with Crippen molar-refractivity contribution in [2.45, 2.75) is 6.92 Å². The third-order valence-corrected chi connectivity index (χ3v) is 2.21. The van der Waals surface area contributed by atoms with Gasteiger partial charge in [-0.05, 0) is 24.3 Å². The molecule has 2 rings (SSSR count). The predicted octanol–water partition coefficient (Wildman–Crippen LogP) is 2.42. The van der Waals surface area contributed by atoms with Gasteiger partial charge in [-0.3, -0.25) is 9.78 Å². The summed E-state index contributed by atoms with van der Waals surface area (Å²) in [6.45, 7) is 4.95. The highest BCUT2D eigenvalue weighted by Gasteiger charge is 2.01. The molecule has 0 unspecified atom stereocenters. The highest BCUT2D eigenvalue weighted by Crippen LogP contribution is 2.05. The fourth-order valence-electron chi connectivity index (χ4n) is 1.27. The summed E-state index contributed by atoms with van der Waals surface area (Å²) >= 11 is 0. The zero-order valence-corrected chi connectivity index (χ0v) is 11.7. The van der Waals surface area contributed by atoms with E-state index in [1.807, 2.05) is 0 Å². The van der Waals surface area contributed by atoms with E-state index in [1.165, 1.54) is 31.2 Å². The van der Waals surface area contributed by atoms with E-state index in [4.69, 9.17) is 5.26 Å². The van der Waals surface area contributed by atoms with Crippen molar-refractivity contribution in [3.05, 3.63) is 66.3 Å². The van der Waals surface area contributed by atoms with Gasteiger partial charge in [0.2, 0.25) is 5.91 Å². The molecule has 112 valence electrons. The largest absolute Gasteiger partial charge is 0.325 e. The van der Waals surface area contributed by atoms with Gasteiger partial charge in [-0.25, -0.2) is 13.8 Å². The Labute approximate surface area is 126 Å². The van der Waals surface area contributed by atoms with Gasteiger partial charge >= 0.3 is 0 Å². The van der Waals surface area contributed by atoms with Crippen LogP contribution in [-0.4, -0.2) is 15.9 Å². The fraction of sp³-hybridized carbons (Fsp3) is 0.0667. The molecule has 22 heavy (non-hydrogen) atoms. The number of amides is 1. The fourth-order valence-corrected chi connectivity index (χ4v) is 1.27. The van der Waals surface area contributed by atoms with E-state index >= 15 is 0 Å². The lowest BCUT2D eigenvalue weighted by molar-refractivity contribution is -0.117. The summed E-state index contributed by atoms with van der Waals surface area (Å²) in [5.74, 6) is -1.07. The average molecular weight is 302 g/mol. The molecule has 0 radical (unpaired) electrons. The quantitative estimate of drug-likeness (QED) is 0.924. The molecule has 0 aliphatic carbocycles. The maximum atomic E-state index is 12.4. The Bertz CT molecular complexity index is 691. The number of rotatable bonds is 2. The van der Waals surface area contributed by atoms with E-state index in [2.05, 4.69) is 21.9 Å². The number of carbonyl (C=O) groups excluding carboxylic acids is 1. The molecule has 0 saturated carbocycles. The topological polar surface area (TPSA) is 78.7 Å². The molecule has 2 heterocycles. The molecule has 0 spiro atoms. The molecule has 0 aliphatic rings.